The highest BCUT2D eigenvalue weighted by Gasteiger charge is 2.47. The lowest BCUT2D eigenvalue weighted by Gasteiger charge is -2.43. The van der Waals surface area contributed by atoms with Gasteiger partial charge in [-0.25, -0.2) is 4.79 Å². The molecule has 1 nitrogen and oxygen atoms in total. The lowest BCUT2D eigenvalue weighted by Crippen LogP contribution is -2.47. The van der Waals surface area contributed by atoms with Crippen LogP contribution in [0.1, 0.15) is 48.5 Å². The van der Waals surface area contributed by atoms with Crippen molar-refractivity contribution in [2.24, 2.45) is 0 Å². The molecule has 0 saturated carbocycles. The standard InChI is InChI=1S/C14H26OSi/c1-10(2)14(9-15)16(11(3)4,12(5)6)13(7)8/h11-13H,1H2,2-8H3. The molecule has 92 valence electrons. The molecule has 0 spiro atoms. The first-order valence-corrected chi connectivity index (χ1v) is 8.37. The van der Waals surface area contributed by atoms with Crippen LogP contribution < -0.4 is 0 Å². The Hall–Kier alpha value is -0.593. The predicted octanol–water partition coefficient (Wildman–Crippen LogP) is 4.54. The zero-order valence-corrected chi connectivity index (χ0v) is 12.8. The summed E-state index contributed by atoms with van der Waals surface area (Å²) in [5.74, 6) is 2.22. The van der Waals surface area contributed by atoms with Crippen molar-refractivity contribution in [1.82, 2.24) is 0 Å². The molecule has 0 aliphatic rings. The highest BCUT2D eigenvalue weighted by Crippen LogP contribution is 2.47. The van der Waals surface area contributed by atoms with Crippen molar-refractivity contribution < 1.29 is 4.79 Å². The third-order valence-electron chi connectivity index (χ3n) is 3.83. The summed E-state index contributed by atoms with van der Waals surface area (Å²) in [5.41, 5.74) is 2.54. The van der Waals surface area contributed by atoms with E-state index in [4.69, 9.17) is 0 Å². The number of carbonyl (C=O) groups excluding carboxylic acids is 1. The molecule has 0 radical (unpaired) electrons. The first-order chi connectivity index (χ1) is 7.22. The fraction of sp³-hybridized carbons (Fsp3) is 0.714. The number of hydrogen-bond donors (Lipinski definition) is 0. The van der Waals surface area contributed by atoms with Gasteiger partial charge < -0.3 is 0 Å². The monoisotopic (exact) mass is 238 g/mol. The van der Waals surface area contributed by atoms with E-state index >= 15 is 0 Å². The molecule has 0 aliphatic carbocycles. The highest BCUT2D eigenvalue weighted by molar-refractivity contribution is 6.91. The fourth-order valence-electron chi connectivity index (χ4n) is 3.41. The summed E-state index contributed by atoms with van der Waals surface area (Å²) in [4.78, 5) is 11.3. The van der Waals surface area contributed by atoms with Crippen molar-refractivity contribution in [3.63, 3.8) is 0 Å². The van der Waals surface area contributed by atoms with E-state index in [9.17, 15) is 4.79 Å². The van der Waals surface area contributed by atoms with E-state index in [1.807, 2.05) is 6.92 Å². The van der Waals surface area contributed by atoms with Gasteiger partial charge in [0.05, 0.1) is 0 Å². The van der Waals surface area contributed by atoms with Gasteiger partial charge in [-0.2, -0.15) is 0 Å². The molecule has 0 heterocycles. The molecule has 0 unspecified atom stereocenters. The summed E-state index contributed by atoms with van der Waals surface area (Å²) < 4.78 is 0. The van der Waals surface area contributed by atoms with Crippen molar-refractivity contribution in [1.29, 1.82) is 0 Å². The van der Waals surface area contributed by atoms with Crippen LogP contribution in [0.5, 0.6) is 0 Å². The van der Waals surface area contributed by atoms with Crippen molar-refractivity contribution in [3.8, 4) is 0 Å². The average Bonchev–Trinajstić information content (AvgIpc) is 2.10. The highest BCUT2D eigenvalue weighted by atomic mass is 28.3. The van der Waals surface area contributed by atoms with Crippen LogP contribution in [0.25, 0.3) is 0 Å². The second kappa shape index (κ2) is 5.65. The van der Waals surface area contributed by atoms with Gasteiger partial charge in [0.25, 0.3) is 0 Å². The molecule has 0 atom stereocenters. The largest absolute Gasteiger partial charge is 0.234 e. The molecule has 0 rings (SSSR count). The van der Waals surface area contributed by atoms with Gasteiger partial charge in [-0.05, 0) is 29.1 Å². The van der Waals surface area contributed by atoms with E-state index in [1.165, 1.54) is 0 Å². The maximum Gasteiger partial charge on any atom is 0.123 e. The van der Waals surface area contributed by atoms with Crippen molar-refractivity contribution in [3.05, 3.63) is 17.3 Å². The molecule has 0 N–H and O–H groups in total. The lowest BCUT2D eigenvalue weighted by atomic mass is 10.3. The number of rotatable bonds is 5. The number of hydrogen-bond acceptors (Lipinski definition) is 1. The molecule has 0 aromatic rings. The molecule has 0 saturated heterocycles. The van der Waals surface area contributed by atoms with Crippen molar-refractivity contribution in [2.75, 3.05) is 0 Å². The second-order valence-corrected chi connectivity index (χ2v) is 11.5. The Labute approximate surface area is 102 Å². The maximum absolute atomic E-state index is 11.3. The topological polar surface area (TPSA) is 17.1 Å². The Morgan fingerprint density at radius 3 is 1.38 bits per heavy atom. The Kier molecular flexibility index (Phi) is 5.44. The Morgan fingerprint density at radius 2 is 1.31 bits per heavy atom. The minimum Gasteiger partial charge on any atom is -0.234 e. The Morgan fingerprint density at radius 1 is 1.00 bits per heavy atom. The predicted molar refractivity (Wildman–Crippen MR) is 75.1 cm³/mol. The minimum absolute atomic E-state index is 0.542. The molecule has 0 aromatic heterocycles. The summed E-state index contributed by atoms with van der Waals surface area (Å²) >= 11 is 0. The van der Waals surface area contributed by atoms with E-state index in [0.29, 0.717) is 16.6 Å². The SMILES string of the molecule is C=C(C)C(=C=O)[Si](C(C)C)(C(C)C)C(C)C. The summed E-state index contributed by atoms with van der Waals surface area (Å²) in [6.07, 6.45) is 0. The van der Waals surface area contributed by atoms with Crippen LogP contribution >= 0.6 is 0 Å². The van der Waals surface area contributed by atoms with Crippen LogP contribution in [0, 0.1) is 0 Å². The van der Waals surface area contributed by atoms with Gasteiger partial charge in [-0.3, -0.25) is 0 Å². The van der Waals surface area contributed by atoms with Crippen molar-refractivity contribution >= 4 is 14.0 Å². The van der Waals surface area contributed by atoms with Crippen LogP contribution in [-0.2, 0) is 4.79 Å². The van der Waals surface area contributed by atoms with Crippen LogP contribution in [0.2, 0.25) is 16.6 Å². The third-order valence-corrected chi connectivity index (χ3v) is 11.0. The smallest absolute Gasteiger partial charge is 0.123 e. The van der Waals surface area contributed by atoms with Gasteiger partial charge in [0, 0.05) is 5.20 Å². The molecular weight excluding hydrogens is 212 g/mol. The first kappa shape index (κ1) is 15.4. The second-order valence-electron chi connectivity index (χ2n) is 5.65. The van der Waals surface area contributed by atoms with Crippen LogP contribution in [0.4, 0.5) is 0 Å². The fourth-order valence-corrected chi connectivity index (χ4v) is 10.1. The van der Waals surface area contributed by atoms with Crippen molar-refractivity contribution in [2.45, 2.75) is 65.1 Å². The van der Waals surface area contributed by atoms with Crippen LogP contribution in [0.3, 0.4) is 0 Å². The molecule has 16 heavy (non-hydrogen) atoms. The van der Waals surface area contributed by atoms with E-state index in [-0.39, 0.29) is 0 Å². The van der Waals surface area contributed by atoms with E-state index in [1.54, 1.807) is 0 Å². The normalized spacial score (nSPS) is 12.1. The Balaban J connectivity index is 5.90. The molecule has 0 aromatic carbocycles. The van der Waals surface area contributed by atoms with Gasteiger partial charge in [-0.15, -0.1) is 0 Å². The van der Waals surface area contributed by atoms with Gasteiger partial charge in [-0.1, -0.05) is 48.1 Å². The van der Waals surface area contributed by atoms with Gasteiger partial charge in [0.2, 0.25) is 0 Å². The first-order valence-electron chi connectivity index (χ1n) is 6.14. The van der Waals surface area contributed by atoms with Gasteiger partial charge in [0.15, 0.2) is 0 Å². The van der Waals surface area contributed by atoms with Gasteiger partial charge >= 0.3 is 0 Å². The molecule has 0 aliphatic heterocycles. The lowest BCUT2D eigenvalue weighted by molar-refractivity contribution is 0.568. The summed E-state index contributed by atoms with van der Waals surface area (Å²) in [6.45, 7) is 19.4. The van der Waals surface area contributed by atoms with Crippen LogP contribution in [0.15, 0.2) is 17.3 Å². The average molecular weight is 238 g/mol. The maximum atomic E-state index is 11.3. The summed E-state index contributed by atoms with van der Waals surface area (Å²) in [6, 6.07) is 0. The minimum atomic E-state index is -1.83. The molecule has 0 amide bonds. The Bertz CT molecular complexity index is 285. The van der Waals surface area contributed by atoms with Crippen LogP contribution in [-0.4, -0.2) is 14.0 Å². The van der Waals surface area contributed by atoms with E-state index in [0.717, 1.165) is 10.8 Å². The van der Waals surface area contributed by atoms with E-state index in [2.05, 4.69) is 54.1 Å². The number of allylic oxidation sites excluding steroid dienone is 2. The summed E-state index contributed by atoms with van der Waals surface area (Å²) in [7, 11) is -1.83. The quantitative estimate of drug-likeness (QED) is 0.390. The molecule has 0 fully saturated rings. The molecular formula is C14H26OSi. The summed E-state index contributed by atoms with van der Waals surface area (Å²) in [5, 5.41) is 0.910. The van der Waals surface area contributed by atoms with E-state index < -0.39 is 8.07 Å². The molecule has 2 heteroatoms. The van der Waals surface area contributed by atoms with Gasteiger partial charge in [0.1, 0.15) is 14.0 Å². The zero-order chi connectivity index (χ0) is 13.1. The molecule has 0 bridgehead atoms. The third kappa shape index (κ3) is 2.39. The zero-order valence-electron chi connectivity index (χ0n) is 11.8.